The van der Waals surface area contributed by atoms with Crippen LogP contribution in [0.1, 0.15) is 298 Å². The molecule has 5 saturated carbocycles. The Kier molecular flexibility index (Phi) is 35.4. The number of aryl methyl sites for hydroxylation is 1. The third kappa shape index (κ3) is 26.4. The number of carbonyl (C=O) groups excluding carboxylic acids is 5. The average molecular weight is 2010 g/mol. The van der Waals surface area contributed by atoms with Gasteiger partial charge in [0.15, 0.2) is 28.9 Å². The van der Waals surface area contributed by atoms with Gasteiger partial charge in [-0.1, -0.05) is 72.7 Å². The van der Waals surface area contributed by atoms with Gasteiger partial charge < -0.3 is 66.5 Å². The number of alkyl halides is 10. The van der Waals surface area contributed by atoms with Gasteiger partial charge in [0.25, 0.3) is 11.8 Å². The van der Waals surface area contributed by atoms with Crippen LogP contribution >= 0.6 is 46.4 Å². The number of hydrogen-bond donors (Lipinski definition) is 5. The van der Waals surface area contributed by atoms with E-state index < -0.39 is 63.9 Å². The van der Waals surface area contributed by atoms with E-state index in [1.54, 1.807) is 50.6 Å². The molecule has 0 amide bonds. The van der Waals surface area contributed by atoms with Crippen LogP contribution in [-0.4, -0.2) is 189 Å². The molecule has 5 aliphatic carbocycles. The van der Waals surface area contributed by atoms with Crippen LogP contribution in [-0.2, 0) is 44.6 Å². The molecule has 19 nitrogen and oxygen atoms in total. The number of ketones is 5. The smallest absolute Gasteiger partial charge is 0.250 e. The van der Waals surface area contributed by atoms with Crippen molar-refractivity contribution in [3.63, 3.8) is 0 Å². The molecular weight excluding hydrogens is 1890 g/mol. The van der Waals surface area contributed by atoms with E-state index in [0.717, 1.165) is 78.4 Å². The molecule has 10 aromatic rings. The van der Waals surface area contributed by atoms with E-state index in [4.69, 9.17) is 65.4 Å². The Morgan fingerprint density at radius 1 is 0.406 bits per heavy atom. The molecule has 0 spiro atoms. The van der Waals surface area contributed by atoms with Crippen molar-refractivity contribution in [3.8, 4) is 0 Å². The molecule has 7 aliphatic rings. The fourth-order valence-electron chi connectivity index (χ4n) is 21.0. The molecule has 12 heterocycles. The number of nitrogens with zero attached hydrogens (tertiary/aromatic N) is 5. The molecular formula is C105H127Cl4F10N5O14. The third-order valence-corrected chi connectivity index (χ3v) is 30.7. The van der Waals surface area contributed by atoms with Gasteiger partial charge in [-0.05, 0) is 218 Å². The first kappa shape index (κ1) is 108. The average Bonchev–Trinajstić information content (AvgIpc) is 1.44. The van der Waals surface area contributed by atoms with E-state index in [1.807, 2.05) is 115 Å². The Morgan fingerprint density at radius 2 is 0.768 bits per heavy atom. The van der Waals surface area contributed by atoms with Crippen LogP contribution in [0.15, 0.2) is 122 Å². The molecule has 7 fully saturated rings. The van der Waals surface area contributed by atoms with Crippen molar-refractivity contribution in [1.29, 1.82) is 0 Å². The zero-order valence-corrected chi connectivity index (χ0v) is 81.9. The molecule has 2 aliphatic heterocycles. The summed E-state index contributed by atoms with van der Waals surface area (Å²) in [5.41, 5.74) is 7.08. The number of halogens is 14. The van der Waals surface area contributed by atoms with Gasteiger partial charge in [-0.25, -0.2) is 43.9 Å². The fourth-order valence-corrected chi connectivity index (χ4v) is 22.1. The zero-order chi connectivity index (χ0) is 99.7. The zero-order valence-electron chi connectivity index (χ0n) is 78.9. The van der Waals surface area contributed by atoms with Crippen molar-refractivity contribution in [3.05, 3.63) is 204 Å². The van der Waals surface area contributed by atoms with Crippen molar-refractivity contribution in [2.45, 2.75) is 297 Å². The first-order valence-electron chi connectivity index (χ1n) is 48.2. The van der Waals surface area contributed by atoms with Crippen LogP contribution in [0.4, 0.5) is 43.9 Å². The Balaban J connectivity index is 0.000000146. The second-order valence-electron chi connectivity index (χ2n) is 39.7. The number of aliphatic hydroxyl groups excluding tert-OH is 1. The Labute approximate surface area is 817 Å². The monoisotopic (exact) mass is 2010 g/mol. The lowest BCUT2D eigenvalue weighted by molar-refractivity contribution is -0.142. The summed E-state index contributed by atoms with van der Waals surface area (Å²) in [4.78, 5) is 64.6. The van der Waals surface area contributed by atoms with E-state index in [2.05, 4.69) is 0 Å². The first-order valence-corrected chi connectivity index (χ1v) is 49.7. The number of aromatic nitrogens is 5. The predicted molar refractivity (Wildman–Crippen MR) is 512 cm³/mol. The maximum atomic E-state index is 13.8. The molecule has 0 aromatic carbocycles. The fraction of sp³-hybridized carbons (Fsp3) is 0.571. The van der Waals surface area contributed by atoms with Gasteiger partial charge in [0.05, 0.1) is 89.9 Å². The highest BCUT2D eigenvalue weighted by Crippen LogP contribution is 2.49. The molecule has 7 atom stereocenters. The number of carbonyl (C=O) groups is 5. The minimum absolute atomic E-state index is 0.00361. The van der Waals surface area contributed by atoms with Gasteiger partial charge in [0.1, 0.15) is 0 Å². The standard InChI is InChI=1S/2C22H26ClF2NO3.C21H26ClF2NO3.C21H27F2NO3.C19H22ClF2NO2/c1-14-12-21(28,7-8-22(14,24)25)6-4-19(27)16-11-18(15-5-10-29-13-15)26-9-2-3-17(23)20(16)26;23-18-2-1-10-26-16(12-15-4-11-29-14-15)13-17(20(18)26)19(27)3-5-21(28)6-8-22(24,25)9-7-21;1-14-13-20(27,8-9-21(14,23)24)7-5-18(26)16-12-15(6-11-28-2)25-10-3-4-17(22)19(16)25;1-15-4-3-12-24-16(6-13-27-2)14-17(19(15)24)18(25)5-7-20(26)8-10-21(22,23)11-9-20;20-16-4-2-9-23-14(7-10-24)11-15(18(16)23)17(25)6-5-13-3-1-8-19(21,22)12-13/h2-3,9,11,14-15,28H,4-8,10,12-13H2,1H3;1-2,10,13,15,28H,3-9,11-12,14H2;3-4,10,12,14,27H,5-9,11,13H2,1-2H3;3-4,12,14,26H,5-11,13H2,1-2H3;2,4,9,11,13,24H,1,3,5-8,10,12H2. The Morgan fingerprint density at radius 3 is 1.17 bits per heavy atom. The highest BCUT2D eigenvalue weighted by Gasteiger charge is 2.51. The number of hydrogen-bond acceptors (Lipinski definition) is 14. The molecule has 10 aromatic heterocycles. The van der Waals surface area contributed by atoms with Crippen LogP contribution in [0, 0.1) is 30.6 Å². The minimum Gasteiger partial charge on any atom is -0.396 e. The topological polar surface area (TPSA) is 245 Å². The SMILES string of the molecule is CC1CC(O)(CCC(=O)c2cc(C3CCOC3)n3cccc(Cl)c23)CCC1(F)F.COCCc1cc(C(=O)CCC2(O)CCC(F)(F)C(C)C2)c2c(Cl)cccn12.COCCc1cc(C(=O)CCC2(O)CCC(F)(F)CC2)c2c(C)cccn12.O=C(CCC1(O)CCC(F)(F)CC1)c1cc(CC2CCOC2)n2cccc(Cl)c12.O=C(CCC1CCCC(F)(F)C1)c1cc(CCO)n2cccc(Cl)c12. The maximum Gasteiger partial charge on any atom is 0.250 e. The number of aliphatic hydroxyl groups is 5. The summed E-state index contributed by atoms with van der Waals surface area (Å²) in [6.45, 7) is 8.70. The number of Topliss-reactive ketones (excluding diaryl/α,β-unsaturated/α-hetero) is 5. The van der Waals surface area contributed by atoms with Crippen LogP contribution in [0.2, 0.25) is 20.1 Å². The van der Waals surface area contributed by atoms with Crippen molar-refractivity contribution in [1.82, 2.24) is 22.0 Å². The Hall–Kier alpha value is -7.75. The summed E-state index contributed by atoms with van der Waals surface area (Å²) < 4.78 is 166. The molecule has 17 rings (SSSR count). The van der Waals surface area contributed by atoms with Crippen molar-refractivity contribution < 1.29 is 112 Å². The van der Waals surface area contributed by atoms with Crippen LogP contribution in [0.3, 0.4) is 0 Å². The summed E-state index contributed by atoms with van der Waals surface area (Å²) in [5.74, 6) is -15.3. The van der Waals surface area contributed by atoms with Crippen LogP contribution < -0.4 is 0 Å². The third-order valence-electron chi connectivity index (χ3n) is 29.4. The summed E-state index contributed by atoms with van der Waals surface area (Å²) in [6, 6.07) is 27.4. The lowest BCUT2D eigenvalue weighted by Gasteiger charge is -2.40. The van der Waals surface area contributed by atoms with E-state index in [1.165, 1.54) is 13.8 Å². The molecule has 0 bridgehead atoms. The number of methoxy groups -OCH3 is 2. The summed E-state index contributed by atoms with van der Waals surface area (Å²) in [6.07, 6.45) is 15.1. The van der Waals surface area contributed by atoms with Gasteiger partial charge in [-0.3, -0.25) is 24.0 Å². The van der Waals surface area contributed by atoms with E-state index in [9.17, 15) is 93.4 Å². The number of fused-ring (bicyclic) bond motifs is 5. The quantitative estimate of drug-likeness (QED) is 0.0200. The van der Waals surface area contributed by atoms with Gasteiger partial charge in [-0.15, -0.1) is 0 Å². The minimum atomic E-state index is -2.75. The van der Waals surface area contributed by atoms with Gasteiger partial charge in [0.2, 0.25) is 17.8 Å². The molecule has 138 heavy (non-hydrogen) atoms. The molecule has 0 radical (unpaired) electrons. The second-order valence-corrected chi connectivity index (χ2v) is 41.3. The van der Waals surface area contributed by atoms with Crippen LogP contribution in [0.25, 0.3) is 27.6 Å². The molecule has 5 N–H and O–H groups in total. The van der Waals surface area contributed by atoms with Gasteiger partial charge in [-0.2, -0.15) is 0 Å². The molecule has 754 valence electrons. The number of rotatable bonds is 31. The second kappa shape index (κ2) is 45.5. The summed E-state index contributed by atoms with van der Waals surface area (Å²) in [7, 11) is 3.26. The van der Waals surface area contributed by atoms with Crippen molar-refractivity contribution >= 4 is 103 Å². The largest absolute Gasteiger partial charge is 0.396 e. The molecule has 33 heteroatoms. The molecule has 2 saturated heterocycles. The van der Waals surface area contributed by atoms with Crippen molar-refractivity contribution in [2.75, 3.05) is 60.5 Å². The lowest BCUT2D eigenvalue weighted by atomic mass is 9.74. The lowest BCUT2D eigenvalue weighted by Crippen LogP contribution is -2.44. The highest BCUT2D eigenvalue weighted by atomic mass is 35.5. The van der Waals surface area contributed by atoms with E-state index >= 15 is 0 Å². The van der Waals surface area contributed by atoms with E-state index in [0.29, 0.717) is 134 Å². The van der Waals surface area contributed by atoms with Gasteiger partial charge in [0, 0.05) is 248 Å². The Bertz CT molecular complexity index is 5920. The predicted octanol–water partition coefficient (Wildman–Crippen LogP) is 24.5. The summed E-state index contributed by atoms with van der Waals surface area (Å²) in [5, 5.41) is 53.9. The van der Waals surface area contributed by atoms with Crippen LogP contribution in [0.5, 0.6) is 0 Å². The normalized spacial score (nSPS) is 23.4. The maximum absolute atomic E-state index is 13.8. The van der Waals surface area contributed by atoms with Crippen molar-refractivity contribution in [2.24, 2.45) is 23.7 Å². The first-order chi connectivity index (χ1) is 65.3. The number of ether oxygens (including phenoxy) is 4. The highest BCUT2D eigenvalue weighted by molar-refractivity contribution is 6.36. The summed E-state index contributed by atoms with van der Waals surface area (Å²) >= 11 is 25.4. The van der Waals surface area contributed by atoms with Gasteiger partial charge >= 0.3 is 0 Å². The van der Waals surface area contributed by atoms with E-state index in [-0.39, 0.29) is 208 Å². The number of pyridine rings is 5. The molecule has 7 unspecified atom stereocenters.